The first-order valence-electron chi connectivity index (χ1n) is 11.0. The maximum absolute atomic E-state index is 13.5. The van der Waals surface area contributed by atoms with Crippen molar-refractivity contribution in [1.82, 2.24) is 19.3 Å². The minimum absolute atomic E-state index is 0.0644. The first-order valence-corrected chi connectivity index (χ1v) is 12.6. The second-order valence-corrected chi connectivity index (χ2v) is 10.8. The summed E-state index contributed by atoms with van der Waals surface area (Å²) in [6.45, 7) is 2.37. The molecular weight excluding hydrogens is 491 g/mol. The van der Waals surface area contributed by atoms with E-state index in [1.165, 1.54) is 41.0 Å². The third-order valence-corrected chi connectivity index (χ3v) is 8.04. The van der Waals surface area contributed by atoms with E-state index in [0.717, 1.165) is 22.7 Å². The number of rotatable bonds is 4. The average molecular weight is 515 g/mol. The van der Waals surface area contributed by atoms with Crippen molar-refractivity contribution in [2.45, 2.75) is 31.8 Å². The van der Waals surface area contributed by atoms with Crippen LogP contribution < -0.4 is 11.5 Å². The molecule has 2 aliphatic rings. The number of piperidine rings is 1. The molecule has 5 N–H and O–H groups in total. The third kappa shape index (κ3) is 4.40. The zero-order chi connectivity index (χ0) is 24.9. The first-order chi connectivity index (χ1) is 16.8. The number of fused-ring (bicyclic) bond motifs is 2. The molecule has 12 heteroatoms. The van der Waals surface area contributed by atoms with Gasteiger partial charge in [-0.25, -0.2) is 19.2 Å². The van der Waals surface area contributed by atoms with Crippen LogP contribution >= 0.6 is 22.7 Å². The lowest BCUT2D eigenvalue weighted by atomic mass is 10.1. The number of thiazole rings is 2. The number of aromatic nitrogens is 3. The van der Waals surface area contributed by atoms with E-state index in [-0.39, 0.29) is 29.5 Å². The van der Waals surface area contributed by atoms with Crippen LogP contribution in [0.4, 0.5) is 9.52 Å². The Hall–Kier alpha value is -3.35. The molecule has 1 aliphatic carbocycles. The van der Waals surface area contributed by atoms with Crippen LogP contribution in [0.3, 0.4) is 0 Å². The molecule has 1 saturated heterocycles. The molecule has 35 heavy (non-hydrogen) atoms. The third-order valence-electron chi connectivity index (χ3n) is 6.20. The maximum Gasteiger partial charge on any atom is 0.354 e. The number of nitrogen functional groups attached to an aromatic ring is 1. The molecule has 4 aromatic rings. The molecule has 0 spiro atoms. The molecule has 2 fully saturated rings. The number of amides is 1. The molecule has 4 heterocycles. The fourth-order valence-corrected chi connectivity index (χ4v) is 6.19. The van der Waals surface area contributed by atoms with E-state index >= 15 is 0 Å². The Labute approximate surface area is 207 Å². The largest absolute Gasteiger partial charge is 0.477 e. The van der Waals surface area contributed by atoms with E-state index in [0.29, 0.717) is 33.7 Å². The molecule has 0 radical (unpaired) electrons. The number of halogens is 1. The number of anilines is 1. The molecule has 0 bridgehead atoms. The highest BCUT2D eigenvalue weighted by Gasteiger charge is 2.54. The summed E-state index contributed by atoms with van der Waals surface area (Å²) in [5, 5.41) is 9.03. The number of aryl methyl sites for hydroxylation is 1. The summed E-state index contributed by atoms with van der Waals surface area (Å²) in [7, 11) is 0. The zero-order valence-corrected chi connectivity index (χ0v) is 20.4. The van der Waals surface area contributed by atoms with Gasteiger partial charge in [0.05, 0.1) is 11.1 Å². The van der Waals surface area contributed by atoms with Gasteiger partial charge in [-0.2, -0.15) is 0 Å². The Balaban J connectivity index is 0.000000178. The van der Waals surface area contributed by atoms with Crippen molar-refractivity contribution in [3.8, 4) is 10.4 Å². The molecule has 9 nitrogen and oxygen atoms in total. The normalized spacial score (nSPS) is 20.4. The van der Waals surface area contributed by atoms with Crippen molar-refractivity contribution in [3.63, 3.8) is 0 Å². The number of imidazole rings is 1. The highest BCUT2D eigenvalue weighted by atomic mass is 32.1. The van der Waals surface area contributed by atoms with E-state index in [9.17, 15) is 14.0 Å². The minimum atomic E-state index is -0.944. The number of carboxylic acids is 1. The fraction of sp³-hybridized carbons (Fsp3) is 0.304. The van der Waals surface area contributed by atoms with E-state index in [1.54, 1.807) is 22.7 Å². The van der Waals surface area contributed by atoms with Crippen molar-refractivity contribution in [1.29, 1.82) is 0 Å². The van der Waals surface area contributed by atoms with Gasteiger partial charge in [0.25, 0.3) is 5.91 Å². The number of hydrogen-bond donors (Lipinski definition) is 3. The predicted molar refractivity (Wildman–Crippen MR) is 132 cm³/mol. The number of nitrogens with zero attached hydrogens (tertiary/aromatic N) is 4. The molecule has 6 rings (SSSR count). The Kier molecular flexibility index (Phi) is 6.03. The standard InChI is InChI=1S/C16H17FN4OS.C7H6N2O2S/c17-10-3-1-2-8(4-10)14-13(20-16(19)23-14)15(22)21-11(7-18)5-9-6-12(9)21;1-4-3-9-5(6(10)11)2-8-7(9)12-4/h1-4,9,11-12H,5-7,18H2,(H2,19,20);2-3H,1H3,(H,10,11)/t9-,11+,12+;/m1./s1. The molecule has 1 saturated carbocycles. The van der Waals surface area contributed by atoms with Crippen LogP contribution in [-0.2, 0) is 0 Å². The van der Waals surface area contributed by atoms with Gasteiger partial charge in [0.1, 0.15) is 11.5 Å². The Bertz CT molecular complexity index is 1430. The van der Waals surface area contributed by atoms with E-state index in [2.05, 4.69) is 9.97 Å². The second-order valence-electron chi connectivity index (χ2n) is 8.58. The lowest BCUT2D eigenvalue weighted by molar-refractivity contribution is 0.0684. The van der Waals surface area contributed by atoms with Crippen molar-refractivity contribution in [2.75, 3.05) is 12.3 Å². The monoisotopic (exact) mass is 514 g/mol. The SMILES string of the molecule is Cc1cn2c(C(=O)O)cnc2s1.NC[C@@H]1C[C@@H]2C[C@@H]2N1C(=O)c1nc(N)sc1-c1cccc(F)c1. The number of carbonyl (C=O) groups excluding carboxylic acids is 1. The Morgan fingerprint density at radius 1 is 1.29 bits per heavy atom. The lowest BCUT2D eigenvalue weighted by Crippen LogP contribution is -2.42. The summed E-state index contributed by atoms with van der Waals surface area (Å²) in [4.78, 5) is 36.1. The molecule has 182 valence electrons. The predicted octanol–water partition coefficient (Wildman–Crippen LogP) is 3.50. The molecule has 3 aromatic heterocycles. The second kappa shape index (κ2) is 9.02. The van der Waals surface area contributed by atoms with Gasteiger partial charge in [-0.15, -0.1) is 11.3 Å². The van der Waals surface area contributed by atoms with Crippen LogP contribution in [0.25, 0.3) is 15.4 Å². The smallest absolute Gasteiger partial charge is 0.354 e. The maximum atomic E-state index is 13.5. The van der Waals surface area contributed by atoms with Crippen LogP contribution in [0.5, 0.6) is 0 Å². The Morgan fingerprint density at radius 2 is 2.09 bits per heavy atom. The van der Waals surface area contributed by atoms with Gasteiger partial charge >= 0.3 is 5.97 Å². The zero-order valence-electron chi connectivity index (χ0n) is 18.7. The number of carbonyl (C=O) groups is 2. The van der Waals surface area contributed by atoms with Gasteiger partial charge in [-0.05, 0) is 43.4 Å². The van der Waals surface area contributed by atoms with Crippen molar-refractivity contribution in [3.05, 3.63) is 58.7 Å². The van der Waals surface area contributed by atoms with Crippen LogP contribution in [0.2, 0.25) is 0 Å². The van der Waals surface area contributed by atoms with Crippen molar-refractivity contribution in [2.24, 2.45) is 11.7 Å². The van der Waals surface area contributed by atoms with E-state index < -0.39 is 5.97 Å². The van der Waals surface area contributed by atoms with Gasteiger partial charge in [0.15, 0.2) is 15.8 Å². The molecule has 1 aliphatic heterocycles. The number of benzene rings is 1. The molecule has 0 unspecified atom stereocenters. The van der Waals surface area contributed by atoms with E-state index in [4.69, 9.17) is 16.6 Å². The summed E-state index contributed by atoms with van der Waals surface area (Å²) in [5.41, 5.74) is 12.8. The van der Waals surface area contributed by atoms with Gasteiger partial charge in [-0.3, -0.25) is 9.20 Å². The van der Waals surface area contributed by atoms with Gasteiger partial charge in [-0.1, -0.05) is 23.5 Å². The summed E-state index contributed by atoms with van der Waals surface area (Å²) < 4.78 is 15.1. The summed E-state index contributed by atoms with van der Waals surface area (Å²) >= 11 is 2.69. The van der Waals surface area contributed by atoms with Crippen LogP contribution in [0.15, 0.2) is 36.7 Å². The van der Waals surface area contributed by atoms with Crippen molar-refractivity contribution >= 4 is 44.6 Å². The van der Waals surface area contributed by atoms with Gasteiger partial charge in [0.2, 0.25) is 0 Å². The van der Waals surface area contributed by atoms with Crippen LogP contribution in [0.1, 0.15) is 38.7 Å². The highest BCUT2D eigenvalue weighted by molar-refractivity contribution is 7.19. The molecule has 1 amide bonds. The Morgan fingerprint density at radius 3 is 2.80 bits per heavy atom. The lowest BCUT2D eigenvalue weighted by Gasteiger charge is -2.26. The fourth-order valence-electron chi connectivity index (χ4n) is 4.57. The number of aromatic carboxylic acids is 1. The quantitative estimate of drug-likeness (QED) is 0.379. The van der Waals surface area contributed by atoms with Crippen molar-refractivity contribution < 1.29 is 19.1 Å². The van der Waals surface area contributed by atoms with Gasteiger partial charge in [0, 0.05) is 29.7 Å². The minimum Gasteiger partial charge on any atom is -0.477 e. The molecule has 3 atom stereocenters. The number of carboxylic acid groups (broad SMARTS) is 1. The number of nitrogens with two attached hydrogens (primary N) is 2. The van der Waals surface area contributed by atoms with Gasteiger partial charge < -0.3 is 21.5 Å². The topological polar surface area (TPSA) is 140 Å². The summed E-state index contributed by atoms with van der Waals surface area (Å²) in [6, 6.07) is 6.48. The highest BCUT2D eigenvalue weighted by Crippen LogP contribution is 2.48. The first kappa shape index (κ1) is 23.4. The molecular formula is C23H23FN6O3S2. The number of likely N-dealkylation sites (tertiary alicyclic amines) is 1. The summed E-state index contributed by atoms with van der Waals surface area (Å²) in [6.07, 6.45) is 5.14. The average Bonchev–Trinajstić information content (AvgIpc) is 3.16. The van der Waals surface area contributed by atoms with Crippen LogP contribution in [-0.4, -0.2) is 54.9 Å². The molecule has 1 aromatic carbocycles. The summed E-state index contributed by atoms with van der Waals surface area (Å²) in [5.74, 6) is -0.866. The number of hydrogen-bond acceptors (Lipinski definition) is 8. The van der Waals surface area contributed by atoms with Crippen LogP contribution in [0, 0.1) is 18.7 Å². The van der Waals surface area contributed by atoms with E-state index in [1.807, 2.05) is 11.8 Å².